The smallest absolute Gasteiger partial charge is 0.183 e. The van der Waals surface area contributed by atoms with Crippen molar-refractivity contribution in [3.05, 3.63) is 52.5 Å². The number of nitrogens with zero attached hydrogens (tertiary/aromatic N) is 2. The number of ether oxygens (including phenoxy) is 1. The minimum Gasteiger partial charge on any atom is -0.454 e. The van der Waals surface area contributed by atoms with E-state index in [4.69, 9.17) is 10.00 Å². The van der Waals surface area contributed by atoms with Crippen LogP contribution in [0, 0.1) is 17.1 Å². The van der Waals surface area contributed by atoms with Crippen molar-refractivity contribution in [2.45, 2.75) is 0 Å². The summed E-state index contributed by atoms with van der Waals surface area (Å²) in [7, 11) is 0. The second kappa shape index (κ2) is 4.93. The number of halogens is 2. The lowest BCUT2D eigenvalue weighted by atomic mass is 10.3. The van der Waals surface area contributed by atoms with Crippen LogP contribution < -0.4 is 4.74 Å². The summed E-state index contributed by atoms with van der Waals surface area (Å²) in [5, 5.41) is 8.86. The second-order valence-corrected chi connectivity index (χ2v) is 4.08. The second-order valence-electron chi connectivity index (χ2n) is 3.17. The molecular weight excluding hydrogens is 287 g/mol. The Bertz CT molecular complexity index is 578. The van der Waals surface area contributed by atoms with Crippen molar-refractivity contribution in [3.63, 3.8) is 0 Å². The maximum atomic E-state index is 12.7. The van der Waals surface area contributed by atoms with E-state index >= 15 is 0 Å². The van der Waals surface area contributed by atoms with E-state index < -0.39 is 0 Å². The molecule has 0 spiro atoms. The molecule has 1 aromatic carbocycles. The summed E-state index contributed by atoms with van der Waals surface area (Å²) >= 11 is 3.24. The average molecular weight is 293 g/mol. The van der Waals surface area contributed by atoms with E-state index in [9.17, 15) is 4.39 Å². The summed E-state index contributed by atoms with van der Waals surface area (Å²) in [6, 6.07) is 9.09. The largest absolute Gasteiger partial charge is 0.454 e. The molecule has 1 aromatic heterocycles. The lowest BCUT2D eigenvalue weighted by Crippen LogP contribution is -1.91. The minimum atomic E-state index is -0.342. The lowest BCUT2D eigenvalue weighted by molar-refractivity contribution is 0.476. The van der Waals surface area contributed by atoms with Gasteiger partial charge in [-0.1, -0.05) is 0 Å². The van der Waals surface area contributed by atoms with Crippen molar-refractivity contribution in [3.8, 4) is 17.6 Å². The van der Waals surface area contributed by atoms with Crippen molar-refractivity contribution in [2.24, 2.45) is 0 Å². The molecule has 0 saturated carbocycles. The molecule has 0 aliphatic carbocycles. The fourth-order valence-corrected chi connectivity index (χ4v) is 1.52. The molecule has 0 fully saturated rings. The Morgan fingerprint density at radius 2 is 2.00 bits per heavy atom. The van der Waals surface area contributed by atoms with Crippen LogP contribution in [0.1, 0.15) is 5.69 Å². The number of rotatable bonds is 2. The number of benzene rings is 1. The van der Waals surface area contributed by atoms with Crippen LogP contribution in [0.3, 0.4) is 0 Å². The zero-order chi connectivity index (χ0) is 12.3. The molecule has 0 atom stereocenters. The Labute approximate surface area is 106 Å². The number of hydrogen-bond acceptors (Lipinski definition) is 3. The molecule has 17 heavy (non-hydrogen) atoms. The van der Waals surface area contributed by atoms with E-state index in [-0.39, 0.29) is 11.5 Å². The molecule has 5 heteroatoms. The third-order valence-corrected chi connectivity index (χ3v) is 2.40. The maximum Gasteiger partial charge on any atom is 0.183 e. The third-order valence-electron chi connectivity index (χ3n) is 1.97. The molecule has 0 aliphatic heterocycles. The molecule has 3 nitrogen and oxygen atoms in total. The zero-order valence-corrected chi connectivity index (χ0v) is 10.1. The first kappa shape index (κ1) is 11.6. The fourth-order valence-electron chi connectivity index (χ4n) is 1.21. The van der Waals surface area contributed by atoms with Crippen LogP contribution in [0.2, 0.25) is 0 Å². The molecule has 0 N–H and O–H groups in total. The highest BCUT2D eigenvalue weighted by atomic mass is 79.9. The van der Waals surface area contributed by atoms with Crippen molar-refractivity contribution in [2.75, 3.05) is 0 Å². The minimum absolute atomic E-state index is 0.178. The van der Waals surface area contributed by atoms with Gasteiger partial charge < -0.3 is 4.74 Å². The zero-order valence-electron chi connectivity index (χ0n) is 8.52. The van der Waals surface area contributed by atoms with Crippen molar-refractivity contribution in [1.29, 1.82) is 5.26 Å². The fraction of sp³-hybridized carbons (Fsp3) is 0. The van der Waals surface area contributed by atoms with Crippen molar-refractivity contribution >= 4 is 15.9 Å². The van der Waals surface area contributed by atoms with Crippen LogP contribution in [-0.4, -0.2) is 4.98 Å². The first-order valence-electron chi connectivity index (χ1n) is 4.68. The van der Waals surface area contributed by atoms with E-state index in [2.05, 4.69) is 20.9 Å². The van der Waals surface area contributed by atoms with Gasteiger partial charge in [-0.2, -0.15) is 5.26 Å². The highest BCUT2D eigenvalue weighted by Crippen LogP contribution is 2.26. The monoisotopic (exact) mass is 292 g/mol. The first-order chi connectivity index (χ1) is 8.19. The third kappa shape index (κ3) is 2.80. The molecule has 0 saturated heterocycles. The van der Waals surface area contributed by atoms with Gasteiger partial charge in [-0.15, -0.1) is 0 Å². The normalized spacial score (nSPS) is 9.71. The summed E-state index contributed by atoms with van der Waals surface area (Å²) in [5.41, 5.74) is 0.178. The van der Waals surface area contributed by atoms with Gasteiger partial charge in [-0.05, 0) is 46.3 Å². The van der Waals surface area contributed by atoms with Gasteiger partial charge in [-0.25, -0.2) is 9.37 Å². The first-order valence-corrected chi connectivity index (χ1v) is 5.47. The quantitative estimate of drug-likeness (QED) is 0.849. The van der Waals surface area contributed by atoms with Gasteiger partial charge in [0.25, 0.3) is 0 Å². The van der Waals surface area contributed by atoms with Crippen molar-refractivity contribution in [1.82, 2.24) is 4.98 Å². The van der Waals surface area contributed by atoms with Crippen molar-refractivity contribution < 1.29 is 9.13 Å². The number of hydrogen-bond donors (Lipinski definition) is 0. The molecule has 0 amide bonds. The molecule has 0 radical (unpaired) electrons. The summed E-state index contributed by atoms with van der Waals surface area (Å²) < 4.78 is 18.9. The van der Waals surface area contributed by atoms with Crippen LogP contribution in [0.25, 0.3) is 0 Å². The SMILES string of the molecule is N#Cc1ncc(Br)cc1Oc1ccc(F)cc1. The average Bonchev–Trinajstić information content (AvgIpc) is 2.32. The van der Waals surface area contributed by atoms with Gasteiger partial charge in [0.2, 0.25) is 0 Å². The predicted octanol–water partition coefficient (Wildman–Crippen LogP) is 3.65. The van der Waals surface area contributed by atoms with Crippen LogP contribution in [0.15, 0.2) is 41.0 Å². The van der Waals surface area contributed by atoms with Gasteiger partial charge >= 0.3 is 0 Å². The van der Waals surface area contributed by atoms with Crippen LogP contribution in [-0.2, 0) is 0 Å². The summed E-state index contributed by atoms with van der Waals surface area (Å²) in [6.45, 7) is 0. The lowest BCUT2D eigenvalue weighted by Gasteiger charge is -2.06. The Balaban J connectivity index is 2.32. The van der Waals surface area contributed by atoms with Gasteiger partial charge in [-0.3, -0.25) is 0 Å². The Kier molecular flexibility index (Phi) is 3.35. The number of aromatic nitrogens is 1. The molecule has 2 rings (SSSR count). The highest BCUT2D eigenvalue weighted by Gasteiger charge is 2.07. The van der Waals surface area contributed by atoms with Crippen LogP contribution in [0.4, 0.5) is 4.39 Å². The van der Waals surface area contributed by atoms with E-state index in [1.165, 1.54) is 30.5 Å². The van der Waals surface area contributed by atoms with Gasteiger partial charge in [0.05, 0.1) is 0 Å². The maximum absolute atomic E-state index is 12.7. The molecule has 2 aromatic rings. The summed E-state index contributed by atoms with van der Waals surface area (Å²) in [6.07, 6.45) is 1.51. The van der Waals surface area contributed by atoms with Gasteiger partial charge in [0.1, 0.15) is 17.6 Å². The Hall–Kier alpha value is -1.93. The van der Waals surface area contributed by atoms with Gasteiger partial charge in [0, 0.05) is 10.7 Å². The molecule has 0 bridgehead atoms. The van der Waals surface area contributed by atoms with E-state index in [1.807, 2.05) is 6.07 Å². The molecule has 0 unspecified atom stereocenters. The molecular formula is C12H6BrFN2O. The van der Waals surface area contributed by atoms with E-state index in [0.717, 1.165) is 0 Å². The summed E-state index contributed by atoms with van der Waals surface area (Å²) in [5.74, 6) is 0.432. The standard InChI is InChI=1S/C12H6BrFN2O/c13-8-5-12(11(6-15)16-7-8)17-10-3-1-9(14)2-4-10/h1-5,7H. The van der Waals surface area contributed by atoms with E-state index in [1.54, 1.807) is 6.07 Å². The molecule has 1 heterocycles. The summed E-state index contributed by atoms with van der Waals surface area (Å²) in [4.78, 5) is 3.90. The van der Waals surface area contributed by atoms with Gasteiger partial charge in [0.15, 0.2) is 11.4 Å². The molecule has 84 valence electrons. The number of pyridine rings is 1. The van der Waals surface area contributed by atoms with E-state index in [0.29, 0.717) is 16.0 Å². The topological polar surface area (TPSA) is 45.9 Å². The Morgan fingerprint density at radius 1 is 1.29 bits per heavy atom. The number of nitriles is 1. The van der Waals surface area contributed by atoms with Crippen LogP contribution >= 0.6 is 15.9 Å². The predicted molar refractivity (Wildman–Crippen MR) is 63.1 cm³/mol. The molecule has 0 aliphatic rings. The van der Waals surface area contributed by atoms with Crippen LogP contribution in [0.5, 0.6) is 11.5 Å². The highest BCUT2D eigenvalue weighted by molar-refractivity contribution is 9.10. The Morgan fingerprint density at radius 3 is 2.65 bits per heavy atom.